The highest BCUT2D eigenvalue weighted by Crippen LogP contribution is 2.12. The van der Waals surface area contributed by atoms with Crippen LogP contribution in [0, 0.1) is 0 Å². The Hall–Kier alpha value is -2.30. The van der Waals surface area contributed by atoms with Crippen LogP contribution < -0.4 is 0 Å². The SMILES string of the molecule is O=C(OCCc1ccccc1)N1CCc2nc[nH]c2CC1. The molecule has 0 atom stereocenters. The molecule has 110 valence electrons. The molecular weight excluding hydrogens is 266 g/mol. The Morgan fingerprint density at radius 3 is 2.90 bits per heavy atom. The first kappa shape index (κ1) is 13.7. The van der Waals surface area contributed by atoms with Gasteiger partial charge in [0, 0.05) is 38.0 Å². The smallest absolute Gasteiger partial charge is 0.409 e. The van der Waals surface area contributed by atoms with E-state index in [1.54, 1.807) is 11.2 Å². The van der Waals surface area contributed by atoms with Crippen molar-refractivity contribution in [2.45, 2.75) is 19.3 Å². The Morgan fingerprint density at radius 1 is 1.24 bits per heavy atom. The van der Waals surface area contributed by atoms with Crippen molar-refractivity contribution in [2.75, 3.05) is 19.7 Å². The third-order valence-electron chi connectivity index (χ3n) is 3.78. The van der Waals surface area contributed by atoms with Gasteiger partial charge in [0.1, 0.15) is 0 Å². The van der Waals surface area contributed by atoms with Gasteiger partial charge in [-0.25, -0.2) is 9.78 Å². The van der Waals surface area contributed by atoms with Gasteiger partial charge in [-0.05, 0) is 5.56 Å². The Morgan fingerprint density at radius 2 is 2.05 bits per heavy atom. The van der Waals surface area contributed by atoms with E-state index >= 15 is 0 Å². The maximum Gasteiger partial charge on any atom is 0.409 e. The van der Waals surface area contributed by atoms with E-state index < -0.39 is 0 Å². The Balaban J connectivity index is 1.47. The van der Waals surface area contributed by atoms with Crippen LogP contribution in [0.4, 0.5) is 4.79 Å². The van der Waals surface area contributed by atoms with Crippen LogP contribution in [0.15, 0.2) is 36.7 Å². The van der Waals surface area contributed by atoms with Crippen molar-refractivity contribution in [1.82, 2.24) is 14.9 Å². The zero-order valence-electron chi connectivity index (χ0n) is 11.9. The number of ether oxygens (including phenoxy) is 1. The summed E-state index contributed by atoms with van der Waals surface area (Å²) in [5, 5.41) is 0. The first-order valence-corrected chi connectivity index (χ1v) is 7.29. The Bertz CT molecular complexity index is 572. The Labute approximate surface area is 124 Å². The molecular formula is C16H19N3O2. The minimum atomic E-state index is -0.226. The van der Waals surface area contributed by atoms with Crippen LogP contribution in [-0.2, 0) is 24.0 Å². The number of H-pyrrole nitrogens is 1. The van der Waals surface area contributed by atoms with Crippen LogP contribution in [0.3, 0.4) is 0 Å². The van der Waals surface area contributed by atoms with Gasteiger partial charge in [0.15, 0.2) is 0 Å². The molecule has 5 heteroatoms. The van der Waals surface area contributed by atoms with E-state index in [1.807, 2.05) is 30.3 Å². The first-order chi connectivity index (χ1) is 10.3. The fourth-order valence-corrected chi connectivity index (χ4v) is 2.56. The van der Waals surface area contributed by atoms with E-state index in [9.17, 15) is 4.79 Å². The monoisotopic (exact) mass is 285 g/mol. The molecule has 2 heterocycles. The minimum Gasteiger partial charge on any atom is -0.449 e. The molecule has 0 unspecified atom stereocenters. The second-order valence-corrected chi connectivity index (χ2v) is 5.16. The number of benzene rings is 1. The summed E-state index contributed by atoms with van der Waals surface area (Å²) in [6.45, 7) is 1.77. The number of carbonyl (C=O) groups is 1. The van der Waals surface area contributed by atoms with Crippen LogP contribution in [0.1, 0.15) is 17.0 Å². The molecule has 21 heavy (non-hydrogen) atoms. The van der Waals surface area contributed by atoms with Gasteiger partial charge in [-0.2, -0.15) is 0 Å². The van der Waals surface area contributed by atoms with Crippen molar-refractivity contribution in [2.24, 2.45) is 0 Å². The molecule has 1 aliphatic heterocycles. The molecule has 5 nitrogen and oxygen atoms in total. The number of imidazole rings is 1. The maximum atomic E-state index is 12.1. The lowest BCUT2D eigenvalue weighted by Gasteiger charge is -2.19. The molecule has 1 N–H and O–H groups in total. The molecule has 3 rings (SSSR count). The van der Waals surface area contributed by atoms with Crippen molar-refractivity contribution in [3.63, 3.8) is 0 Å². The molecule has 1 amide bonds. The van der Waals surface area contributed by atoms with E-state index in [4.69, 9.17) is 4.74 Å². The summed E-state index contributed by atoms with van der Waals surface area (Å²) in [5.74, 6) is 0. The molecule has 0 saturated heterocycles. The van der Waals surface area contributed by atoms with Crippen molar-refractivity contribution in [3.05, 3.63) is 53.6 Å². The van der Waals surface area contributed by atoms with Crippen LogP contribution in [0.5, 0.6) is 0 Å². The van der Waals surface area contributed by atoms with Crippen LogP contribution in [-0.4, -0.2) is 40.7 Å². The summed E-state index contributed by atoms with van der Waals surface area (Å²) >= 11 is 0. The quantitative estimate of drug-likeness (QED) is 0.940. The van der Waals surface area contributed by atoms with E-state index in [-0.39, 0.29) is 6.09 Å². The van der Waals surface area contributed by atoms with Crippen molar-refractivity contribution in [1.29, 1.82) is 0 Å². The Kier molecular flexibility index (Phi) is 4.19. The molecule has 1 aromatic heterocycles. The zero-order valence-corrected chi connectivity index (χ0v) is 11.9. The van der Waals surface area contributed by atoms with E-state index in [2.05, 4.69) is 9.97 Å². The number of aromatic amines is 1. The van der Waals surface area contributed by atoms with Crippen LogP contribution in [0.25, 0.3) is 0 Å². The zero-order chi connectivity index (χ0) is 14.5. The summed E-state index contributed by atoms with van der Waals surface area (Å²) in [4.78, 5) is 21.3. The fraction of sp³-hybridized carbons (Fsp3) is 0.375. The van der Waals surface area contributed by atoms with Gasteiger partial charge in [0.25, 0.3) is 0 Å². The van der Waals surface area contributed by atoms with Gasteiger partial charge in [-0.3, -0.25) is 0 Å². The minimum absolute atomic E-state index is 0.226. The van der Waals surface area contributed by atoms with E-state index in [1.165, 1.54) is 5.56 Å². The average molecular weight is 285 g/mol. The number of carbonyl (C=O) groups excluding carboxylic acids is 1. The lowest BCUT2D eigenvalue weighted by Crippen LogP contribution is -2.34. The van der Waals surface area contributed by atoms with Gasteiger partial charge >= 0.3 is 6.09 Å². The van der Waals surface area contributed by atoms with E-state index in [0.717, 1.165) is 30.7 Å². The molecule has 0 aliphatic carbocycles. The largest absolute Gasteiger partial charge is 0.449 e. The first-order valence-electron chi connectivity index (χ1n) is 7.29. The van der Waals surface area contributed by atoms with Crippen molar-refractivity contribution in [3.8, 4) is 0 Å². The lowest BCUT2D eigenvalue weighted by atomic mass is 10.2. The number of rotatable bonds is 3. The van der Waals surface area contributed by atoms with Gasteiger partial charge in [-0.1, -0.05) is 30.3 Å². The molecule has 2 aromatic rings. The third-order valence-corrected chi connectivity index (χ3v) is 3.78. The number of hydrogen-bond acceptors (Lipinski definition) is 3. The number of amides is 1. The number of hydrogen-bond donors (Lipinski definition) is 1. The second kappa shape index (κ2) is 6.43. The molecule has 0 radical (unpaired) electrons. The van der Waals surface area contributed by atoms with Gasteiger partial charge in [-0.15, -0.1) is 0 Å². The van der Waals surface area contributed by atoms with Crippen molar-refractivity contribution < 1.29 is 9.53 Å². The average Bonchev–Trinajstić information content (AvgIpc) is 2.87. The molecule has 0 fully saturated rings. The fourth-order valence-electron chi connectivity index (χ4n) is 2.56. The summed E-state index contributed by atoms with van der Waals surface area (Å²) < 4.78 is 5.37. The number of fused-ring (bicyclic) bond motifs is 1. The third kappa shape index (κ3) is 3.42. The van der Waals surface area contributed by atoms with Gasteiger partial charge in [0.05, 0.1) is 18.6 Å². The highest BCUT2D eigenvalue weighted by Gasteiger charge is 2.20. The highest BCUT2D eigenvalue weighted by atomic mass is 16.6. The summed E-state index contributed by atoms with van der Waals surface area (Å²) in [7, 11) is 0. The highest BCUT2D eigenvalue weighted by molar-refractivity contribution is 5.67. The summed E-state index contributed by atoms with van der Waals surface area (Å²) in [5.41, 5.74) is 3.38. The second-order valence-electron chi connectivity index (χ2n) is 5.16. The standard InChI is InChI=1S/C16H19N3O2/c20-16(21-11-8-13-4-2-1-3-5-13)19-9-6-14-15(7-10-19)18-12-17-14/h1-5,12H,6-11H2,(H,17,18). The lowest BCUT2D eigenvalue weighted by molar-refractivity contribution is 0.105. The number of nitrogens with zero attached hydrogens (tertiary/aromatic N) is 2. The summed E-state index contributed by atoms with van der Waals surface area (Å²) in [6, 6.07) is 10.0. The molecule has 0 saturated carbocycles. The van der Waals surface area contributed by atoms with Gasteiger partial charge in [0.2, 0.25) is 0 Å². The summed E-state index contributed by atoms with van der Waals surface area (Å²) in [6.07, 6.45) is 3.84. The van der Waals surface area contributed by atoms with Crippen LogP contribution >= 0.6 is 0 Å². The number of nitrogens with one attached hydrogen (secondary N) is 1. The predicted molar refractivity (Wildman–Crippen MR) is 79.1 cm³/mol. The predicted octanol–water partition coefficient (Wildman–Crippen LogP) is 2.19. The molecule has 0 bridgehead atoms. The normalized spacial score (nSPS) is 14.4. The van der Waals surface area contributed by atoms with E-state index in [0.29, 0.717) is 19.7 Å². The van der Waals surface area contributed by atoms with Gasteiger partial charge < -0.3 is 14.6 Å². The molecule has 1 aliphatic rings. The molecule has 1 aromatic carbocycles. The topological polar surface area (TPSA) is 58.2 Å². The van der Waals surface area contributed by atoms with Crippen molar-refractivity contribution >= 4 is 6.09 Å². The number of aromatic nitrogens is 2. The molecule has 0 spiro atoms. The van der Waals surface area contributed by atoms with Crippen LogP contribution in [0.2, 0.25) is 0 Å². The maximum absolute atomic E-state index is 12.1.